The summed E-state index contributed by atoms with van der Waals surface area (Å²) in [6.07, 6.45) is 3.87. The van der Waals surface area contributed by atoms with Gasteiger partial charge in [-0.3, -0.25) is 4.90 Å². The Morgan fingerprint density at radius 3 is 2.45 bits per heavy atom. The molecule has 20 heavy (non-hydrogen) atoms. The lowest BCUT2D eigenvalue weighted by molar-refractivity contribution is 0.168. The Morgan fingerprint density at radius 1 is 1.25 bits per heavy atom. The van der Waals surface area contributed by atoms with Gasteiger partial charge in [-0.15, -0.1) is 0 Å². The van der Waals surface area contributed by atoms with E-state index >= 15 is 0 Å². The van der Waals surface area contributed by atoms with Crippen LogP contribution in [0.25, 0.3) is 0 Å². The van der Waals surface area contributed by atoms with Crippen LogP contribution < -0.4 is 5.32 Å². The van der Waals surface area contributed by atoms with E-state index in [9.17, 15) is 0 Å². The van der Waals surface area contributed by atoms with Gasteiger partial charge in [-0.2, -0.15) is 0 Å². The molecular weight excluding hydrogens is 252 g/mol. The molecule has 0 aromatic carbocycles. The average molecular weight is 282 g/mol. The lowest BCUT2D eigenvalue weighted by atomic mass is 10.2. The Hall–Kier alpha value is -1.07. The maximum atomic E-state index is 5.15. The number of hydrogen-bond acceptors (Lipinski definition) is 4. The van der Waals surface area contributed by atoms with Crippen LogP contribution >= 0.6 is 0 Å². The van der Waals surface area contributed by atoms with Gasteiger partial charge in [0.2, 0.25) is 5.95 Å². The van der Waals surface area contributed by atoms with Crippen molar-refractivity contribution in [1.29, 1.82) is 0 Å². The van der Waals surface area contributed by atoms with Crippen LogP contribution in [0.4, 0.5) is 5.95 Å². The topological polar surface area (TPSA) is 42.3 Å². The minimum atomic E-state index is 0.257. The summed E-state index contributed by atoms with van der Waals surface area (Å²) in [5, 5.41) is 3.38. The maximum Gasteiger partial charge on any atom is 0.203 e. The third kappa shape index (κ3) is 5.13. The first-order valence-electron chi connectivity index (χ1n) is 7.48. The van der Waals surface area contributed by atoms with E-state index in [4.69, 9.17) is 4.74 Å². The van der Waals surface area contributed by atoms with Crippen molar-refractivity contribution < 1.29 is 4.74 Å². The van der Waals surface area contributed by atoms with Gasteiger partial charge in [-0.1, -0.05) is 0 Å². The average Bonchev–Trinajstić information content (AvgIpc) is 2.76. The standard InChI is InChI=1S/C15H30N4O/c1-12(2)19(13(3)4)10-9-18-8-7-16-15(18)17-14(5)11-20-6/h7-8,12-14H,9-11H2,1-6H3,(H,16,17). The zero-order valence-corrected chi connectivity index (χ0v) is 13.8. The molecule has 0 amide bonds. The van der Waals surface area contributed by atoms with Gasteiger partial charge < -0.3 is 14.6 Å². The summed E-state index contributed by atoms with van der Waals surface area (Å²) in [7, 11) is 1.72. The normalized spacial score (nSPS) is 13.4. The van der Waals surface area contributed by atoms with Crippen molar-refractivity contribution in [3.05, 3.63) is 12.4 Å². The van der Waals surface area contributed by atoms with Crippen LogP contribution in [0.2, 0.25) is 0 Å². The minimum absolute atomic E-state index is 0.257. The number of nitrogens with one attached hydrogen (secondary N) is 1. The zero-order chi connectivity index (χ0) is 15.1. The van der Waals surface area contributed by atoms with E-state index in [1.54, 1.807) is 7.11 Å². The molecule has 1 atom stereocenters. The van der Waals surface area contributed by atoms with Crippen molar-refractivity contribution in [2.24, 2.45) is 0 Å². The first-order valence-corrected chi connectivity index (χ1v) is 7.48. The van der Waals surface area contributed by atoms with Crippen molar-refractivity contribution >= 4 is 5.95 Å². The second-order valence-electron chi connectivity index (χ2n) is 5.87. The highest BCUT2D eigenvalue weighted by Crippen LogP contribution is 2.09. The number of methoxy groups -OCH3 is 1. The second kappa shape index (κ2) is 8.27. The molecule has 1 aromatic heterocycles. The predicted octanol–water partition coefficient (Wildman–Crippen LogP) is 2.45. The molecule has 0 aliphatic rings. The van der Waals surface area contributed by atoms with Gasteiger partial charge in [0.1, 0.15) is 0 Å². The van der Waals surface area contributed by atoms with Gasteiger partial charge in [0.25, 0.3) is 0 Å². The van der Waals surface area contributed by atoms with Gasteiger partial charge in [0.15, 0.2) is 0 Å². The number of hydrogen-bond donors (Lipinski definition) is 1. The summed E-state index contributed by atoms with van der Waals surface area (Å²) < 4.78 is 7.32. The highest BCUT2D eigenvalue weighted by Gasteiger charge is 2.14. The van der Waals surface area contributed by atoms with Crippen LogP contribution in [-0.4, -0.2) is 52.8 Å². The summed E-state index contributed by atoms with van der Waals surface area (Å²) in [6.45, 7) is 13.7. The van der Waals surface area contributed by atoms with E-state index in [1.807, 2.05) is 12.4 Å². The van der Waals surface area contributed by atoms with E-state index in [-0.39, 0.29) is 6.04 Å². The lowest BCUT2D eigenvalue weighted by Gasteiger charge is -2.30. The van der Waals surface area contributed by atoms with Crippen molar-refractivity contribution in [1.82, 2.24) is 14.5 Å². The van der Waals surface area contributed by atoms with E-state index in [1.165, 1.54) is 0 Å². The first-order chi connectivity index (χ1) is 9.45. The summed E-state index contributed by atoms with van der Waals surface area (Å²) in [6, 6.07) is 1.37. The Bertz CT molecular complexity index is 368. The highest BCUT2D eigenvalue weighted by molar-refractivity contribution is 5.27. The summed E-state index contributed by atoms with van der Waals surface area (Å²) in [4.78, 5) is 6.87. The van der Waals surface area contributed by atoms with Crippen LogP contribution in [0.15, 0.2) is 12.4 Å². The molecule has 116 valence electrons. The number of aromatic nitrogens is 2. The smallest absolute Gasteiger partial charge is 0.203 e. The summed E-state index contributed by atoms with van der Waals surface area (Å²) in [5.74, 6) is 0.919. The van der Waals surface area contributed by atoms with Gasteiger partial charge in [-0.05, 0) is 34.6 Å². The number of nitrogens with zero attached hydrogens (tertiary/aromatic N) is 3. The molecule has 5 nitrogen and oxygen atoms in total. The number of rotatable bonds is 9. The molecule has 0 bridgehead atoms. The molecule has 1 N–H and O–H groups in total. The second-order valence-corrected chi connectivity index (χ2v) is 5.87. The Labute approximate surface area is 123 Å². The van der Waals surface area contributed by atoms with Gasteiger partial charge in [-0.25, -0.2) is 4.98 Å². The van der Waals surface area contributed by atoms with Crippen molar-refractivity contribution in [2.75, 3.05) is 25.6 Å². The van der Waals surface area contributed by atoms with Gasteiger partial charge in [0.05, 0.1) is 6.61 Å². The molecule has 0 spiro atoms. The van der Waals surface area contributed by atoms with E-state index < -0.39 is 0 Å². The van der Waals surface area contributed by atoms with Crippen LogP contribution in [0.5, 0.6) is 0 Å². The molecule has 0 radical (unpaired) electrons. The van der Waals surface area contributed by atoms with E-state index in [0.29, 0.717) is 18.7 Å². The molecule has 5 heteroatoms. The zero-order valence-electron chi connectivity index (χ0n) is 13.8. The third-order valence-corrected chi connectivity index (χ3v) is 3.43. The molecule has 0 fully saturated rings. The fourth-order valence-electron chi connectivity index (χ4n) is 2.48. The Morgan fingerprint density at radius 2 is 1.90 bits per heavy atom. The fraction of sp³-hybridized carbons (Fsp3) is 0.800. The van der Waals surface area contributed by atoms with Crippen LogP contribution in [0.1, 0.15) is 34.6 Å². The summed E-state index contributed by atoms with van der Waals surface area (Å²) in [5.41, 5.74) is 0. The van der Waals surface area contributed by atoms with E-state index in [0.717, 1.165) is 19.0 Å². The Kier molecular flexibility index (Phi) is 7.02. The molecule has 0 aliphatic carbocycles. The molecule has 0 saturated carbocycles. The number of ether oxygens (including phenoxy) is 1. The van der Waals surface area contributed by atoms with Crippen LogP contribution in [0, 0.1) is 0 Å². The monoisotopic (exact) mass is 282 g/mol. The number of anilines is 1. The Balaban J connectivity index is 2.58. The molecule has 1 unspecified atom stereocenters. The minimum Gasteiger partial charge on any atom is -0.383 e. The van der Waals surface area contributed by atoms with Crippen molar-refractivity contribution in [2.45, 2.75) is 59.3 Å². The third-order valence-electron chi connectivity index (χ3n) is 3.43. The molecule has 1 aromatic rings. The fourth-order valence-corrected chi connectivity index (χ4v) is 2.48. The van der Waals surface area contributed by atoms with Crippen molar-refractivity contribution in [3.8, 4) is 0 Å². The molecule has 1 rings (SSSR count). The largest absolute Gasteiger partial charge is 0.383 e. The molecule has 0 aliphatic heterocycles. The van der Waals surface area contributed by atoms with E-state index in [2.05, 4.69) is 54.4 Å². The highest BCUT2D eigenvalue weighted by atomic mass is 16.5. The van der Waals surface area contributed by atoms with Crippen LogP contribution in [0.3, 0.4) is 0 Å². The molecule has 0 saturated heterocycles. The molecular formula is C15H30N4O. The SMILES string of the molecule is COCC(C)Nc1nccn1CCN(C(C)C)C(C)C. The quantitative estimate of drug-likeness (QED) is 0.755. The summed E-state index contributed by atoms with van der Waals surface area (Å²) >= 11 is 0. The predicted molar refractivity (Wildman–Crippen MR) is 84.2 cm³/mol. The maximum absolute atomic E-state index is 5.15. The first kappa shape index (κ1) is 17.0. The van der Waals surface area contributed by atoms with Gasteiger partial charge in [0, 0.05) is 50.7 Å². The molecule has 1 heterocycles. The van der Waals surface area contributed by atoms with Crippen molar-refractivity contribution in [3.63, 3.8) is 0 Å². The number of imidazole rings is 1. The van der Waals surface area contributed by atoms with Gasteiger partial charge >= 0.3 is 0 Å². The lowest BCUT2D eigenvalue weighted by Crippen LogP contribution is -2.39. The van der Waals surface area contributed by atoms with Crippen LogP contribution in [-0.2, 0) is 11.3 Å².